The van der Waals surface area contributed by atoms with Gasteiger partial charge in [0.15, 0.2) is 5.54 Å². The van der Waals surface area contributed by atoms with Crippen molar-refractivity contribution in [3.8, 4) is 0 Å². The average Bonchev–Trinajstić information content (AvgIpc) is 2.98. The van der Waals surface area contributed by atoms with Crippen molar-refractivity contribution in [3.63, 3.8) is 0 Å². The smallest absolute Gasteiger partial charge is 0.333 e. The molecule has 1 aromatic carbocycles. The first-order valence-electron chi connectivity index (χ1n) is 8.61. The van der Waals surface area contributed by atoms with E-state index in [9.17, 15) is 19.1 Å². The second-order valence-electron chi connectivity index (χ2n) is 6.48. The van der Waals surface area contributed by atoms with E-state index < -0.39 is 23.2 Å². The summed E-state index contributed by atoms with van der Waals surface area (Å²) < 4.78 is 14.9. The van der Waals surface area contributed by atoms with Gasteiger partial charge in [0, 0.05) is 5.69 Å². The summed E-state index contributed by atoms with van der Waals surface area (Å²) in [7, 11) is 0. The quantitative estimate of drug-likeness (QED) is 0.791. The summed E-state index contributed by atoms with van der Waals surface area (Å²) in [6.07, 6.45) is 1.75. The molecule has 0 saturated carbocycles. The van der Waals surface area contributed by atoms with Crippen LogP contribution in [-0.2, 0) is 10.3 Å². The Balaban J connectivity index is 2.33. The van der Waals surface area contributed by atoms with Gasteiger partial charge >= 0.3 is 5.97 Å². The number of hydrogen-bond acceptors (Lipinski definition) is 3. The number of aliphatic carboxylic acids is 1. The summed E-state index contributed by atoms with van der Waals surface area (Å²) in [4.78, 5) is 24.5. The summed E-state index contributed by atoms with van der Waals surface area (Å²) in [6.45, 7) is 7.32. The van der Waals surface area contributed by atoms with E-state index in [0.717, 1.165) is 30.7 Å². The zero-order valence-electron chi connectivity index (χ0n) is 15.4. The molecule has 1 aromatic heterocycles. The van der Waals surface area contributed by atoms with Crippen LogP contribution in [0.15, 0.2) is 30.3 Å². The third-order valence-corrected chi connectivity index (χ3v) is 4.66. The van der Waals surface area contributed by atoms with Crippen LogP contribution in [0.3, 0.4) is 0 Å². The predicted octanol–water partition coefficient (Wildman–Crippen LogP) is 3.42. The predicted molar refractivity (Wildman–Crippen MR) is 95.4 cm³/mol. The van der Waals surface area contributed by atoms with E-state index in [4.69, 9.17) is 0 Å². The summed E-state index contributed by atoms with van der Waals surface area (Å²) in [5.41, 5.74) is -0.431. The van der Waals surface area contributed by atoms with Gasteiger partial charge in [0.2, 0.25) is 0 Å². The SMILES string of the molecule is CCC(CC)n1nc(C(=O)NC(C)(C(=O)O)c2ccc(F)cc2)cc1C. The minimum absolute atomic E-state index is 0.156. The zero-order chi connectivity index (χ0) is 19.5. The molecule has 6 nitrogen and oxygen atoms in total. The number of aromatic nitrogens is 2. The Hall–Kier alpha value is -2.70. The van der Waals surface area contributed by atoms with Crippen LogP contribution in [0.2, 0.25) is 0 Å². The van der Waals surface area contributed by atoms with Gasteiger partial charge in [0.25, 0.3) is 5.91 Å². The molecule has 0 saturated heterocycles. The summed E-state index contributed by atoms with van der Waals surface area (Å²) in [5, 5.41) is 16.5. The highest BCUT2D eigenvalue weighted by Gasteiger charge is 2.37. The maximum absolute atomic E-state index is 13.1. The Labute approximate surface area is 152 Å². The Kier molecular flexibility index (Phi) is 5.79. The molecule has 1 unspecified atom stereocenters. The van der Waals surface area contributed by atoms with Crippen LogP contribution in [0.4, 0.5) is 4.39 Å². The molecule has 26 heavy (non-hydrogen) atoms. The van der Waals surface area contributed by atoms with Crippen LogP contribution in [0.25, 0.3) is 0 Å². The van der Waals surface area contributed by atoms with Gasteiger partial charge in [-0.15, -0.1) is 0 Å². The molecule has 2 N–H and O–H groups in total. The minimum atomic E-state index is -1.70. The van der Waals surface area contributed by atoms with E-state index in [1.54, 1.807) is 10.7 Å². The fourth-order valence-corrected chi connectivity index (χ4v) is 2.93. The highest BCUT2D eigenvalue weighted by molar-refractivity contribution is 5.96. The van der Waals surface area contributed by atoms with Crippen LogP contribution >= 0.6 is 0 Å². The molecule has 0 bridgehead atoms. The van der Waals surface area contributed by atoms with Crippen LogP contribution in [-0.4, -0.2) is 26.8 Å². The van der Waals surface area contributed by atoms with Crippen LogP contribution in [0.5, 0.6) is 0 Å². The lowest BCUT2D eigenvalue weighted by atomic mass is 9.92. The van der Waals surface area contributed by atoms with Crippen LogP contribution in [0.1, 0.15) is 61.4 Å². The van der Waals surface area contributed by atoms with Crippen molar-refractivity contribution in [2.45, 2.75) is 52.1 Å². The van der Waals surface area contributed by atoms with E-state index in [1.165, 1.54) is 19.1 Å². The number of nitrogens with one attached hydrogen (secondary N) is 1. The van der Waals surface area contributed by atoms with Crippen molar-refractivity contribution in [3.05, 3.63) is 53.1 Å². The first-order chi connectivity index (χ1) is 12.2. The number of rotatable bonds is 7. The lowest BCUT2D eigenvalue weighted by Gasteiger charge is -2.26. The topological polar surface area (TPSA) is 84.2 Å². The Bertz CT molecular complexity index is 797. The van der Waals surface area contributed by atoms with Crippen molar-refractivity contribution in [1.29, 1.82) is 0 Å². The lowest BCUT2D eigenvalue weighted by Crippen LogP contribution is -2.49. The molecular formula is C19H24FN3O3. The summed E-state index contributed by atoms with van der Waals surface area (Å²) in [5.74, 6) is -2.31. The van der Waals surface area contributed by atoms with Crippen molar-refractivity contribution < 1.29 is 19.1 Å². The molecule has 0 aliphatic heterocycles. The van der Waals surface area contributed by atoms with Gasteiger partial charge in [-0.2, -0.15) is 5.10 Å². The third-order valence-electron chi connectivity index (χ3n) is 4.66. The fourth-order valence-electron chi connectivity index (χ4n) is 2.93. The van der Waals surface area contributed by atoms with Crippen molar-refractivity contribution >= 4 is 11.9 Å². The van der Waals surface area contributed by atoms with Crippen molar-refractivity contribution in [2.24, 2.45) is 0 Å². The van der Waals surface area contributed by atoms with Crippen molar-refractivity contribution in [1.82, 2.24) is 15.1 Å². The summed E-state index contributed by atoms with van der Waals surface area (Å²) in [6, 6.07) is 6.83. The maximum Gasteiger partial charge on any atom is 0.333 e. The normalized spacial score (nSPS) is 13.5. The van der Waals surface area contributed by atoms with E-state index >= 15 is 0 Å². The van der Waals surface area contributed by atoms with Crippen molar-refractivity contribution in [2.75, 3.05) is 0 Å². The molecule has 0 spiro atoms. The number of halogens is 1. The standard InChI is InChI=1S/C19H24FN3O3/c1-5-15(6-2)23-12(3)11-16(22-23)17(24)21-19(4,18(25)26)13-7-9-14(20)10-8-13/h7-11,15H,5-6H2,1-4H3,(H,21,24)(H,25,26). The van der Waals surface area contributed by atoms with E-state index in [-0.39, 0.29) is 17.3 Å². The van der Waals surface area contributed by atoms with Gasteiger partial charge in [-0.25, -0.2) is 9.18 Å². The first kappa shape index (κ1) is 19.6. The molecule has 140 valence electrons. The van der Waals surface area contributed by atoms with Gasteiger partial charge in [-0.05, 0) is 50.5 Å². The molecule has 1 atom stereocenters. The van der Waals surface area contributed by atoms with Gasteiger partial charge in [0.05, 0.1) is 6.04 Å². The van der Waals surface area contributed by atoms with Gasteiger partial charge in [0.1, 0.15) is 11.5 Å². The largest absolute Gasteiger partial charge is 0.479 e. The molecular weight excluding hydrogens is 337 g/mol. The third kappa shape index (κ3) is 3.76. The van der Waals surface area contributed by atoms with Crippen LogP contribution in [0, 0.1) is 12.7 Å². The number of carboxylic acid groups (broad SMARTS) is 1. The molecule has 0 radical (unpaired) electrons. The average molecular weight is 361 g/mol. The van der Waals surface area contributed by atoms with Gasteiger partial charge < -0.3 is 10.4 Å². The van der Waals surface area contributed by atoms with E-state index in [2.05, 4.69) is 10.4 Å². The second-order valence-corrected chi connectivity index (χ2v) is 6.48. The molecule has 0 aliphatic carbocycles. The number of carbonyl (C=O) groups is 2. The molecule has 2 rings (SSSR count). The number of amides is 1. The van der Waals surface area contributed by atoms with E-state index in [0.29, 0.717) is 0 Å². The first-order valence-corrected chi connectivity index (χ1v) is 8.61. The molecule has 1 amide bonds. The number of carboxylic acids is 1. The molecule has 1 heterocycles. The fraction of sp³-hybridized carbons (Fsp3) is 0.421. The molecule has 0 aliphatic rings. The highest BCUT2D eigenvalue weighted by Crippen LogP contribution is 2.23. The van der Waals surface area contributed by atoms with E-state index in [1.807, 2.05) is 20.8 Å². The Morgan fingerprint density at radius 3 is 2.35 bits per heavy atom. The van der Waals surface area contributed by atoms with Gasteiger partial charge in [-0.3, -0.25) is 9.48 Å². The number of benzene rings is 1. The minimum Gasteiger partial charge on any atom is -0.479 e. The molecule has 0 fully saturated rings. The maximum atomic E-state index is 13.1. The highest BCUT2D eigenvalue weighted by atomic mass is 19.1. The zero-order valence-corrected chi connectivity index (χ0v) is 15.4. The Morgan fingerprint density at radius 1 is 1.27 bits per heavy atom. The number of carbonyl (C=O) groups excluding carboxylic acids is 1. The number of hydrogen-bond donors (Lipinski definition) is 2. The summed E-state index contributed by atoms with van der Waals surface area (Å²) >= 11 is 0. The molecule has 7 heteroatoms. The second kappa shape index (κ2) is 7.68. The molecule has 2 aromatic rings. The van der Waals surface area contributed by atoms with Gasteiger partial charge in [-0.1, -0.05) is 26.0 Å². The van der Waals surface area contributed by atoms with Crippen LogP contribution < -0.4 is 5.32 Å². The Morgan fingerprint density at radius 2 is 1.85 bits per heavy atom. The monoisotopic (exact) mass is 361 g/mol. The lowest BCUT2D eigenvalue weighted by molar-refractivity contribution is -0.144. The number of aryl methyl sites for hydroxylation is 1. The number of nitrogens with zero attached hydrogens (tertiary/aromatic N) is 2.